The van der Waals surface area contributed by atoms with Gasteiger partial charge in [-0.3, -0.25) is 14.6 Å². The van der Waals surface area contributed by atoms with Crippen LogP contribution in [-0.4, -0.2) is 73.7 Å². The molecule has 2 fully saturated rings. The lowest BCUT2D eigenvalue weighted by Crippen LogP contribution is -2.69. The second-order valence-corrected chi connectivity index (χ2v) is 7.90. The first-order valence-corrected chi connectivity index (χ1v) is 9.77. The molecule has 4 rings (SSSR count). The van der Waals surface area contributed by atoms with Crippen molar-refractivity contribution < 1.29 is 19.4 Å². The normalized spacial score (nSPS) is 26.3. The molecule has 2 aliphatic rings. The maximum Gasteiger partial charge on any atom is 0.271 e. The quantitative estimate of drug-likeness (QED) is 0.700. The van der Waals surface area contributed by atoms with Crippen molar-refractivity contribution in [2.45, 2.75) is 43.4 Å². The number of H-pyrrole nitrogens is 1. The van der Waals surface area contributed by atoms with Gasteiger partial charge in [0.25, 0.3) is 11.8 Å². The van der Waals surface area contributed by atoms with Crippen LogP contribution >= 0.6 is 0 Å². The zero-order valence-corrected chi connectivity index (χ0v) is 16.3. The molecular weight excluding hydrogens is 374 g/mol. The summed E-state index contributed by atoms with van der Waals surface area (Å²) in [4.78, 5) is 37.8. The third kappa shape index (κ3) is 3.63. The number of rotatable bonds is 3. The number of nitrogens with zero attached hydrogens (tertiary/aromatic N) is 3. The number of hydrogen-bond acceptors (Lipinski definition) is 6. The number of aliphatic hydroxyl groups is 1. The van der Waals surface area contributed by atoms with Gasteiger partial charge in [0.2, 0.25) is 0 Å². The summed E-state index contributed by atoms with van der Waals surface area (Å²) < 4.78 is 6.05. The fourth-order valence-corrected chi connectivity index (χ4v) is 4.27. The van der Waals surface area contributed by atoms with Gasteiger partial charge in [-0.1, -0.05) is 0 Å². The van der Waals surface area contributed by atoms with Crippen LogP contribution in [0.15, 0.2) is 36.9 Å². The molecule has 2 aromatic rings. The standard InChI is InChI=1S/C20H25N5O4/c1-19(24-16(26)15-13-21-8-9-23-15)6-12-29-20(18(19)28)4-10-25(11-5-20)17(27)14-3-2-7-22-14/h2-3,7-9,13,18,22,28H,4-6,10-12H2,1H3,(H,24,26)/t18-,19+/m1/s1. The largest absolute Gasteiger partial charge is 0.388 e. The number of hydrogen-bond donors (Lipinski definition) is 3. The zero-order valence-electron chi connectivity index (χ0n) is 16.3. The number of likely N-dealkylation sites (tertiary alicyclic amines) is 1. The van der Waals surface area contributed by atoms with Crippen molar-refractivity contribution in [3.05, 3.63) is 48.3 Å². The average molecular weight is 399 g/mol. The highest BCUT2D eigenvalue weighted by Gasteiger charge is 2.54. The molecule has 9 heteroatoms. The van der Waals surface area contributed by atoms with Gasteiger partial charge in [-0.25, -0.2) is 4.98 Å². The summed E-state index contributed by atoms with van der Waals surface area (Å²) in [6.07, 6.45) is 6.63. The van der Waals surface area contributed by atoms with E-state index in [1.807, 2.05) is 6.92 Å². The maximum absolute atomic E-state index is 12.6. The van der Waals surface area contributed by atoms with Crippen LogP contribution in [-0.2, 0) is 4.74 Å². The van der Waals surface area contributed by atoms with Crippen molar-refractivity contribution in [1.29, 1.82) is 0 Å². The molecule has 4 heterocycles. The van der Waals surface area contributed by atoms with Crippen LogP contribution < -0.4 is 5.32 Å². The fourth-order valence-electron chi connectivity index (χ4n) is 4.27. The molecular formula is C20H25N5O4. The van der Waals surface area contributed by atoms with E-state index >= 15 is 0 Å². The first-order valence-electron chi connectivity index (χ1n) is 9.77. The van der Waals surface area contributed by atoms with E-state index in [-0.39, 0.29) is 17.5 Å². The number of piperidine rings is 1. The summed E-state index contributed by atoms with van der Waals surface area (Å²) in [5, 5.41) is 14.2. The Bertz CT molecular complexity index is 864. The minimum absolute atomic E-state index is 0.0612. The van der Waals surface area contributed by atoms with Crippen molar-refractivity contribution >= 4 is 11.8 Å². The summed E-state index contributed by atoms with van der Waals surface area (Å²) >= 11 is 0. The van der Waals surface area contributed by atoms with E-state index < -0.39 is 17.2 Å². The van der Waals surface area contributed by atoms with Crippen LogP contribution in [0.3, 0.4) is 0 Å². The minimum atomic E-state index is -0.910. The lowest BCUT2D eigenvalue weighted by molar-refractivity contribution is -0.203. The lowest BCUT2D eigenvalue weighted by atomic mass is 9.73. The van der Waals surface area contributed by atoms with Crippen molar-refractivity contribution in [2.75, 3.05) is 19.7 Å². The van der Waals surface area contributed by atoms with Gasteiger partial charge in [0.15, 0.2) is 0 Å². The number of amides is 2. The Kier molecular flexibility index (Phi) is 5.10. The van der Waals surface area contributed by atoms with E-state index in [0.29, 0.717) is 44.7 Å². The van der Waals surface area contributed by atoms with Gasteiger partial charge in [-0.05, 0) is 38.3 Å². The number of ether oxygens (including phenoxy) is 1. The lowest BCUT2D eigenvalue weighted by Gasteiger charge is -2.53. The summed E-state index contributed by atoms with van der Waals surface area (Å²) in [6, 6.07) is 3.54. The smallest absolute Gasteiger partial charge is 0.271 e. The molecule has 0 radical (unpaired) electrons. The summed E-state index contributed by atoms with van der Waals surface area (Å²) in [7, 11) is 0. The van der Waals surface area contributed by atoms with Crippen LogP contribution in [0.2, 0.25) is 0 Å². The minimum Gasteiger partial charge on any atom is -0.388 e. The van der Waals surface area contributed by atoms with Gasteiger partial charge >= 0.3 is 0 Å². The number of aliphatic hydroxyl groups excluding tert-OH is 1. The molecule has 9 nitrogen and oxygen atoms in total. The van der Waals surface area contributed by atoms with Gasteiger partial charge in [-0.2, -0.15) is 0 Å². The van der Waals surface area contributed by atoms with Crippen molar-refractivity contribution in [3.63, 3.8) is 0 Å². The average Bonchev–Trinajstić information content (AvgIpc) is 3.28. The molecule has 1 spiro atoms. The molecule has 2 amide bonds. The van der Waals surface area contributed by atoms with Crippen LogP contribution in [0.4, 0.5) is 0 Å². The number of carbonyl (C=O) groups is 2. The number of nitrogens with one attached hydrogen (secondary N) is 2. The Balaban J connectivity index is 1.45. The fraction of sp³-hybridized carbons (Fsp3) is 0.500. The number of carbonyl (C=O) groups excluding carboxylic acids is 2. The van der Waals surface area contributed by atoms with Crippen molar-refractivity contribution in [2.24, 2.45) is 0 Å². The molecule has 0 aliphatic carbocycles. The van der Waals surface area contributed by atoms with E-state index in [9.17, 15) is 14.7 Å². The van der Waals surface area contributed by atoms with Crippen molar-refractivity contribution in [3.8, 4) is 0 Å². The molecule has 154 valence electrons. The van der Waals surface area contributed by atoms with Crippen LogP contribution in [0, 0.1) is 0 Å². The van der Waals surface area contributed by atoms with Crippen molar-refractivity contribution in [1.82, 2.24) is 25.2 Å². The Labute approximate surface area is 168 Å². The molecule has 29 heavy (non-hydrogen) atoms. The molecule has 2 saturated heterocycles. The topological polar surface area (TPSA) is 120 Å². The first-order chi connectivity index (χ1) is 13.9. The Hall–Kier alpha value is -2.78. The molecule has 2 atom stereocenters. The SMILES string of the molecule is C[C@]1(NC(=O)c2cnccn2)CCOC2(CCN(C(=O)c3ccc[nH]3)CC2)[C@@H]1O. The van der Waals surface area contributed by atoms with Gasteiger partial charge in [0.1, 0.15) is 17.5 Å². The Morgan fingerprint density at radius 3 is 2.76 bits per heavy atom. The Morgan fingerprint density at radius 1 is 1.31 bits per heavy atom. The predicted molar refractivity (Wildman–Crippen MR) is 103 cm³/mol. The first kappa shape index (κ1) is 19.5. The van der Waals surface area contributed by atoms with E-state index in [1.165, 1.54) is 18.6 Å². The van der Waals surface area contributed by atoms with Crippen LogP contribution in [0.1, 0.15) is 47.2 Å². The highest BCUT2D eigenvalue weighted by Crippen LogP contribution is 2.40. The monoisotopic (exact) mass is 399 g/mol. The van der Waals surface area contributed by atoms with E-state index in [1.54, 1.807) is 23.2 Å². The number of aromatic nitrogens is 3. The molecule has 0 aromatic carbocycles. The second-order valence-electron chi connectivity index (χ2n) is 7.90. The maximum atomic E-state index is 12.6. The third-order valence-corrected chi connectivity index (χ3v) is 6.03. The molecule has 0 unspecified atom stereocenters. The predicted octanol–water partition coefficient (Wildman–Crippen LogP) is 0.749. The van der Waals surface area contributed by atoms with Gasteiger partial charge in [0, 0.05) is 38.3 Å². The molecule has 0 saturated carbocycles. The zero-order chi connectivity index (χ0) is 20.5. The summed E-state index contributed by atoms with van der Waals surface area (Å²) in [5.74, 6) is -0.440. The van der Waals surface area contributed by atoms with E-state index in [0.717, 1.165) is 0 Å². The van der Waals surface area contributed by atoms with Gasteiger partial charge in [-0.15, -0.1) is 0 Å². The van der Waals surface area contributed by atoms with Gasteiger partial charge in [0.05, 0.1) is 17.3 Å². The summed E-state index contributed by atoms with van der Waals surface area (Å²) in [6.45, 7) is 3.19. The van der Waals surface area contributed by atoms with Crippen LogP contribution in [0.25, 0.3) is 0 Å². The summed E-state index contributed by atoms with van der Waals surface area (Å²) in [5.41, 5.74) is -0.909. The molecule has 2 aliphatic heterocycles. The third-order valence-electron chi connectivity index (χ3n) is 6.03. The van der Waals surface area contributed by atoms with E-state index in [4.69, 9.17) is 4.74 Å². The second kappa shape index (κ2) is 7.57. The van der Waals surface area contributed by atoms with Gasteiger partial charge < -0.3 is 25.0 Å². The van der Waals surface area contributed by atoms with E-state index in [2.05, 4.69) is 20.3 Å². The molecule has 3 N–H and O–H groups in total. The molecule has 2 aromatic heterocycles. The Morgan fingerprint density at radius 2 is 2.10 bits per heavy atom. The highest BCUT2D eigenvalue weighted by molar-refractivity contribution is 5.93. The van der Waals surface area contributed by atoms with Crippen LogP contribution in [0.5, 0.6) is 0 Å². The highest BCUT2D eigenvalue weighted by atomic mass is 16.5. The number of aromatic amines is 1. The molecule has 0 bridgehead atoms.